The van der Waals surface area contributed by atoms with Crippen molar-refractivity contribution in [2.24, 2.45) is 4.99 Å². The lowest BCUT2D eigenvalue weighted by atomic mass is 10.1. The number of rotatable bonds is 6. The van der Waals surface area contributed by atoms with Crippen molar-refractivity contribution < 1.29 is 4.79 Å². The van der Waals surface area contributed by atoms with Crippen LogP contribution in [0.1, 0.15) is 20.8 Å². The smallest absolute Gasteiger partial charge is 0.251 e. The summed E-state index contributed by atoms with van der Waals surface area (Å²) >= 11 is 1.78. The molecule has 128 valence electrons. The highest BCUT2D eigenvalue weighted by molar-refractivity contribution is 7.09. The molecule has 5 nitrogen and oxygen atoms in total. The third-order valence-electron chi connectivity index (χ3n) is 3.74. The van der Waals surface area contributed by atoms with Gasteiger partial charge in [0.1, 0.15) is 0 Å². The monoisotopic (exact) mass is 344 g/mol. The van der Waals surface area contributed by atoms with Crippen LogP contribution in [-0.4, -0.2) is 44.5 Å². The molecule has 6 heteroatoms. The summed E-state index contributed by atoms with van der Waals surface area (Å²) in [7, 11) is 5.46. The van der Waals surface area contributed by atoms with E-state index in [0.717, 1.165) is 24.5 Å². The Balaban J connectivity index is 1.85. The first-order valence-electron chi connectivity index (χ1n) is 7.89. The highest BCUT2D eigenvalue weighted by Crippen LogP contribution is 2.09. The largest absolute Gasteiger partial charge is 0.355 e. The number of nitrogens with one attached hydrogen (secondary N) is 2. The molecule has 0 aliphatic rings. The predicted molar refractivity (Wildman–Crippen MR) is 101 cm³/mol. The van der Waals surface area contributed by atoms with Crippen molar-refractivity contribution in [2.75, 3.05) is 27.7 Å². The molecule has 1 amide bonds. The lowest BCUT2D eigenvalue weighted by molar-refractivity contribution is 0.0963. The Morgan fingerprint density at radius 1 is 1.25 bits per heavy atom. The van der Waals surface area contributed by atoms with E-state index in [1.807, 2.05) is 31.3 Å². The van der Waals surface area contributed by atoms with Gasteiger partial charge in [-0.1, -0.05) is 18.2 Å². The van der Waals surface area contributed by atoms with Crippen LogP contribution in [0.3, 0.4) is 0 Å². The Morgan fingerprint density at radius 2 is 2.00 bits per heavy atom. The predicted octanol–water partition coefficient (Wildman–Crippen LogP) is 2.36. The van der Waals surface area contributed by atoms with Crippen LogP contribution in [0, 0.1) is 0 Å². The van der Waals surface area contributed by atoms with E-state index in [1.54, 1.807) is 25.4 Å². The zero-order chi connectivity index (χ0) is 17.4. The lowest BCUT2D eigenvalue weighted by Gasteiger charge is -2.22. The molecule has 1 aromatic heterocycles. The molecule has 2 N–H and O–H groups in total. The van der Waals surface area contributed by atoms with Gasteiger partial charge in [0.05, 0.1) is 0 Å². The molecule has 0 aliphatic carbocycles. The number of amides is 1. The zero-order valence-electron chi connectivity index (χ0n) is 14.4. The Hall–Kier alpha value is -2.34. The molecule has 0 unspecified atom stereocenters. The Morgan fingerprint density at radius 3 is 2.58 bits per heavy atom. The van der Waals surface area contributed by atoms with Crippen molar-refractivity contribution in [3.8, 4) is 0 Å². The van der Waals surface area contributed by atoms with Crippen molar-refractivity contribution >= 4 is 23.2 Å². The highest BCUT2D eigenvalue weighted by atomic mass is 32.1. The maximum absolute atomic E-state index is 11.5. The fraction of sp³-hybridized carbons (Fsp3) is 0.333. The first kappa shape index (κ1) is 18.0. The summed E-state index contributed by atoms with van der Waals surface area (Å²) in [5.74, 6) is 0.792. The lowest BCUT2D eigenvalue weighted by Crippen LogP contribution is -2.39. The number of likely N-dealkylation sites (N-methyl/N-ethyl adjacent to an activating group) is 1. The topological polar surface area (TPSA) is 56.7 Å². The van der Waals surface area contributed by atoms with Crippen molar-refractivity contribution in [3.05, 3.63) is 57.8 Å². The minimum absolute atomic E-state index is 0.0707. The van der Waals surface area contributed by atoms with E-state index in [9.17, 15) is 4.79 Å². The molecule has 1 aromatic carbocycles. The number of benzene rings is 1. The maximum atomic E-state index is 11.5. The molecular formula is C18H24N4OS. The fourth-order valence-corrected chi connectivity index (χ4v) is 3.02. The second-order valence-electron chi connectivity index (χ2n) is 5.43. The molecule has 0 spiro atoms. The van der Waals surface area contributed by atoms with Gasteiger partial charge < -0.3 is 15.5 Å². The van der Waals surface area contributed by atoms with Gasteiger partial charge in [0, 0.05) is 44.7 Å². The normalized spacial score (nSPS) is 11.2. The summed E-state index contributed by atoms with van der Waals surface area (Å²) in [5.41, 5.74) is 1.77. The highest BCUT2D eigenvalue weighted by Gasteiger charge is 2.07. The quantitative estimate of drug-likeness (QED) is 0.625. The molecule has 0 atom stereocenters. The second-order valence-corrected chi connectivity index (χ2v) is 6.46. The summed E-state index contributed by atoms with van der Waals surface area (Å²) in [6.45, 7) is 1.58. The van der Waals surface area contributed by atoms with E-state index in [1.165, 1.54) is 4.88 Å². The average molecular weight is 344 g/mol. The van der Waals surface area contributed by atoms with Crippen LogP contribution in [0.25, 0.3) is 0 Å². The van der Waals surface area contributed by atoms with Gasteiger partial charge in [-0.3, -0.25) is 9.79 Å². The van der Waals surface area contributed by atoms with Crippen molar-refractivity contribution in [2.45, 2.75) is 13.0 Å². The second kappa shape index (κ2) is 9.08. The van der Waals surface area contributed by atoms with Crippen LogP contribution < -0.4 is 10.6 Å². The van der Waals surface area contributed by atoms with Crippen LogP contribution in [0.5, 0.6) is 0 Å². The van der Waals surface area contributed by atoms with Crippen LogP contribution in [0.2, 0.25) is 0 Å². The minimum atomic E-state index is -0.0707. The molecule has 24 heavy (non-hydrogen) atoms. The van der Waals surface area contributed by atoms with Crippen LogP contribution in [0.15, 0.2) is 46.8 Å². The molecule has 1 heterocycles. The molecule has 0 aliphatic heterocycles. The van der Waals surface area contributed by atoms with E-state index in [-0.39, 0.29) is 5.91 Å². The number of carbonyl (C=O) groups is 1. The molecular weight excluding hydrogens is 320 g/mol. The maximum Gasteiger partial charge on any atom is 0.251 e. The summed E-state index contributed by atoms with van der Waals surface area (Å²) in [6.07, 6.45) is 1.01. The third kappa shape index (κ3) is 5.09. The van der Waals surface area contributed by atoms with Crippen LogP contribution in [0.4, 0.5) is 0 Å². The van der Waals surface area contributed by atoms with Gasteiger partial charge in [0.25, 0.3) is 5.91 Å². The first-order valence-corrected chi connectivity index (χ1v) is 8.77. The van der Waals surface area contributed by atoms with E-state index in [2.05, 4.69) is 38.0 Å². The first-order chi connectivity index (χ1) is 11.6. The number of carbonyl (C=O) groups excluding carboxylic acids is 1. The van der Waals surface area contributed by atoms with Crippen molar-refractivity contribution in [3.63, 3.8) is 0 Å². The molecule has 2 rings (SSSR count). The number of nitrogens with zero attached hydrogens (tertiary/aromatic N) is 2. The molecule has 0 radical (unpaired) electrons. The Bertz CT molecular complexity index is 665. The average Bonchev–Trinajstić information content (AvgIpc) is 3.14. The molecule has 2 aromatic rings. The molecule has 0 fully saturated rings. The van der Waals surface area contributed by atoms with E-state index in [4.69, 9.17) is 0 Å². The summed E-state index contributed by atoms with van der Waals surface area (Å²) in [5, 5.41) is 8.08. The third-order valence-corrected chi connectivity index (χ3v) is 4.68. The van der Waals surface area contributed by atoms with Gasteiger partial charge in [0.15, 0.2) is 5.96 Å². The van der Waals surface area contributed by atoms with Gasteiger partial charge >= 0.3 is 0 Å². The van der Waals surface area contributed by atoms with E-state index < -0.39 is 0 Å². The van der Waals surface area contributed by atoms with Crippen LogP contribution in [-0.2, 0) is 13.0 Å². The van der Waals surface area contributed by atoms with Gasteiger partial charge in [-0.25, -0.2) is 0 Å². The van der Waals surface area contributed by atoms with Crippen LogP contribution >= 0.6 is 11.3 Å². The fourth-order valence-electron chi connectivity index (χ4n) is 2.32. The van der Waals surface area contributed by atoms with E-state index >= 15 is 0 Å². The van der Waals surface area contributed by atoms with Gasteiger partial charge in [0.2, 0.25) is 0 Å². The SMILES string of the molecule is CN=C(NCc1ccc(C(=O)NC)cc1)N(C)CCc1cccs1. The number of hydrogen-bond donors (Lipinski definition) is 2. The van der Waals surface area contributed by atoms with Crippen molar-refractivity contribution in [1.82, 2.24) is 15.5 Å². The minimum Gasteiger partial charge on any atom is -0.355 e. The molecule has 0 saturated heterocycles. The number of thiophene rings is 1. The Labute approximate surface area is 147 Å². The molecule has 0 bridgehead atoms. The van der Waals surface area contributed by atoms with Crippen molar-refractivity contribution in [1.29, 1.82) is 0 Å². The van der Waals surface area contributed by atoms with Gasteiger partial charge in [-0.2, -0.15) is 0 Å². The summed E-state index contributed by atoms with van der Waals surface area (Å²) < 4.78 is 0. The van der Waals surface area contributed by atoms with E-state index in [0.29, 0.717) is 12.1 Å². The standard InChI is InChI=1S/C18H24N4OS/c1-19-17(23)15-8-6-14(7-9-15)13-21-18(20-2)22(3)11-10-16-5-4-12-24-16/h4-9,12H,10-11,13H2,1-3H3,(H,19,23)(H,20,21). The number of aliphatic imine (C=N–C) groups is 1. The summed E-state index contributed by atoms with van der Waals surface area (Å²) in [4.78, 5) is 19.4. The zero-order valence-corrected chi connectivity index (χ0v) is 15.2. The number of guanidine groups is 1. The Kier molecular flexibility index (Phi) is 6.81. The number of hydrogen-bond acceptors (Lipinski definition) is 3. The van der Waals surface area contributed by atoms with Gasteiger partial charge in [-0.15, -0.1) is 11.3 Å². The van der Waals surface area contributed by atoms with Gasteiger partial charge in [-0.05, 0) is 35.6 Å². The summed E-state index contributed by atoms with van der Waals surface area (Å²) in [6, 6.07) is 11.8. The molecule has 0 saturated carbocycles.